The lowest BCUT2D eigenvalue weighted by Gasteiger charge is -2.40. The topological polar surface area (TPSA) is 41.5 Å². The quantitative estimate of drug-likeness (QED) is 0.752. The molecule has 0 radical (unpaired) electrons. The zero-order valence-corrected chi connectivity index (χ0v) is 10.7. The molecule has 1 saturated carbocycles. The maximum atomic E-state index is 9.73. The molecule has 1 aliphatic carbocycles. The molecule has 0 aromatic carbocycles. The molecule has 2 rings (SSSR count). The predicted octanol–water partition coefficient (Wildman–Crippen LogP) is 1.55. The van der Waals surface area contributed by atoms with E-state index < -0.39 is 0 Å². The predicted molar refractivity (Wildman–Crippen MR) is 64.3 cm³/mol. The molecule has 3 nitrogen and oxygen atoms in total. The van der Waals surface area contributed by atoms with Gasteiger partial charge < -0.3 is 15.2 Å². The number of aliphatic hydroxyl groups excluding tert-OH is 1. The average Bonchev–Trinajstić information content (AvgIpc) is 2.48. The summed E-state index contributed by atoms with van der Waals surface area (Å²) in [5.74, 6) is 0.736. The van der Waals surface area contributed by atoms with Crippen LogP contribution >= 0.6 is 0 Å². The van der Waals surface area contributed by atoms with Crippen molar-refractivity contribution in [2.24, 2.45) is 11.3 Å². The molecule has 2 aliphatic rings. The normalized spacial score (nSPS) is 43.5. The Labute approximate surface area is 98.6 Å². The summed E-state index contributed by atoms with van der Waals surface area (Å²) >= 11 is 0. The number of β-amino-alcohol motifs (C(OH)–C–C–N with tert-alkyl or cyclic N) is 1. The Morgan fingerprint density at radius 1 is 1.25 bits per heavy atom. The van der Waals surface area contributed by atoms with Gasteiger partial charge in [0.1, 0.15) is 0 Å². The molecule has 4 atom stereocenters. The van der Waals surface area contributed by atoms with Gasteiger partial charge in [-0.15, -0.1) is 0 Å². The van der Waals surface area contributed by atoms with Crippen molar-refractivity contribution in [1.82, 2.24) is 5.32 Å². The fourth-order valence-corrected chi connectivity index (χ4v) is 3.39. The van der Waals surface area contributed by atoms with E-state index >= 15 is 0 Å². The van der Waals surface area contributed by atoms with Gasteiger partial charge in [0.05, 0.1) is 18.3 Å². The van der Waals surface area contributed by atoms with E-state index in [1.165, 1.54) is 6.42 Å². The second-order valence-electron chi connectivity index (χ2n) is 6.44. The molecule has 3 heteroatoms. The Morgan fingerprint density at radius 3 is 2.56 bits per heavy atom. The van der Waals surface area contributed by atoms with Crippen molar-refractivity contribution in [1.29, 1.82) is 0 Å². The molecule has 1 saturated heterocycles. The Morgan fingerprint density at radius 2 is 2.00 bits per heavy atom. The molecule has 4 unspecified atom stereocenters. The Kier molecular flexibility index (Phi) is 3.57. The third-order valence-electron chi connectivity index (χ3n) is 3.84. The van der Waals surface area contributed by atoms with Crippen LogP contribution in [0.15, 0.2) is 0 Å². The van der Waals surface area contributed by atoms with Crippen LogP contribution in [0.5, 0.6) is 0 Å². The molecular weight excluding hydrogens is 202 g/mol. The van der Waals surface area contributed by atoms with Gasteiger partial charge in [0, 0.05) is 13.1 Å². The molecule has 94 valence electrons. The summed E-state index contributed by atoms with van der Waals surface area (Å²) in [6.45, 7) is 8.42. The summed E-state index contributed by atoms with van der Waals surface area (Å²) in [4.78, 5) is 0. The summed E-state index contributed by atoms with van der Waals surface area (Å²) in [5.41, 5.74) is 0.388. The van der Waals surface area contributed by atoms with E-state index in [4.69, 9.17) is 4.74 Å². The van der Waals surface area contributed by atoms with Gasteiger partial charge in [-0.05, 0) is 30.6 Å². The van der Waals surface area contributed by atoms with Gasteiger partial charge in [-0.2, -0.15) is 0 Å². The smallest absolute Gasteiger partial charge is 0.0974 e. The van der Waals surface area contributed by atoms with E-state index in [-0.39, 0.29) is 12.2 Å². The maximum absolute atomic E-state index is 9.73. The first-order valence-electron chi connectivity index (χ1n) is 6.50. The number of aliphatic hydroxyl groups is 1. The number of hydrogen-bond acceptors (Lipinski definition) is 3. The fraction of sp³-hybridized carbons (Fsp3) is 1.00. The van der Waals surface area contributed by atoms with Crippen molar-refractivity contribution in [3.63, 3.8) is 0 Å². The maximum Gasteiger partial charge on any atom is 0.0974 e. The molecule has 16 heavy (non-hydrogen) atoms. The highest BCUT2D eigenvalue weighted by Gasteiger charge is 2.36. The SMILES string of the molecule is CC1CC(OC2CNCC2O)CC(C)(C)C1. The Bertz CT molecular complexity index is 242. The van der Waals surface area contributed by atoms with Crippen LogP contribution in [0.3, 0.4) is 0 Å². The monoisotopic (exact) mass is 227 g/mol. The third-order valence-corrected chi connectivity index (χ3v) is 3.84. The van der Waals surface area contributed by atoms with E-state index in [1.54, 1.807) is 0 Å². The van der Waals surface area contributed by atoms with E-state index in [0.29, 0.717) is 18.1 Å². The highest BCUT2D eigenvalue weighted by molar-refractivity contribution is 4.87. The van der Waals surface area contributed by atoms with Gasteiger partial charge >= 0.3 is 0 Å². The van der Waals surface area contributed by atoms with Gasteiger partial charge in [0.25, 0.3) is 0 Å². The molecule has 1 aliphatic heterocycles. The Balaban J connectivity index is 1.89. The number of nitrogens with one attached hydrogen (secondary N) is 1. The van der Waals surface area contributed by atoms with Crippen molar-refractivity contribution in [2.75, 3.05) is 13.1 Å². The lowest BCUT2D eigenvalue weighted by Crippen LogP contribution is -2.38. The van der Waals surface area contributed by atoms with Gasteiger partial charge in [-0.3, -0.25) is 0 Å². The first kappa shape index (κ1) is 12.3. The van der Waals surface area contributed by atoms with Crippen molar-refractivity contribution < 1.29 is 9.84 Å². The van der Waals surface area contributed by atoms with Crippen LogP contribution in [0, 0.1) is 11.3 Å². The summed E-state index contributed by atoms with van der Waals surface area (Å²) in [7, 11) is 0. The van der Waals surface area contributed by atoms with Crippen LogP contribution in [0.4, 0.5) is 0 Å². The number of rotatable bonds is 2. The van der Waals surface area contributed by atoms with Crippen molar-refractivity contribution in [3.8, 4) is 0 Å². The molecule has 0 aromatic heterocycles. The van der Waals surface area contributed by atoms with Crippen molar-refractivity contribution in [3.05, 3.63) is 0 Å². The lowest BCUT2D eigenvalue weighted by atomic mass is 9.71. The van der Waals surface area contributed by atoms with Gasteiger partial charge in [0.15, 0.2) is 0 Å². The number of ether oxygens (including phenoxy) is 1. The largest absolute Gasteiger partial charge is 0.389 e. The van der Waals surface area contributed by atoms with Crippen LogP contribution in [0.25, 0.3) is 0 Å². The average molecular weight is 227 g/mol. The highest BCUT2D eigenvalue weighted by atomic mass is 16.5. The van der Waals surface area contributed by atoms with Crippen LogP contribution in [-0.2, 0) is 4.74 Å². The van der Waals surface area contributed by atoms with Gasteiger partial charge in [-0.25, -0.2) is 0 Å². The highest BCUT2D eigenvalue weighted by Crippen LogP contribution is 2.40. The fourth-order valence-electron chi connectivity index (χ4n) is 3.39. The van der Waals surface area contributed by atoms with Gasteiger partial charge in [-0.1, -0.05) is 20.8 Å². The standard InChI is InChI=1S/C13H25NO2/c1-9-4-10(6-13(2,3)5-9)16-12-8-14-7-11(12)15/h9-12,14-15H,4-8H2,1-3H3. The Hall–Kier alpha value is -0.120. The van der Waals surface area contributed by atoms with Crippen LogP contribution < -0.4 is 5.32 Å². The zero-order chi connectivity index (χ0) is 11.8. The first-order chi connectivity index (χ1) is 7.46. The zero-order valence-electron chi connectivity index (χ0n) is 10.7. The third kappa shape index (κ3) is 2.96. The molecule has 2 N–H and O–H groups in total. The minimum absolute atomic E-state index is 0.00565. The summed E-state index contributed by atoms with van der Waals surface area (Å²) in [5, 5.41) is 12.9. The molecule has 0 amide bonds. The van der Waals surface area contributed by atoms with E-state index in [0.717, 1.165) is 25.3 Å². The minimum Gasteiger partial charge on any atom is -0.389 e. The summed E-state index contributed by atoms with van der Waals surface area (Å²) in [6, 6.07) is 0. The van der Waals surface area contributed by atoms with Gasteiger partial charge in [0.2, 0.25) is 0 Å². The van der Waals surface area contributed by atoms with Crippen molar-refractivity contribution >= 4 is 0 Å². The lowest BCUT2D eigenvalue weighted by molar-refractivity contribution is -0.0902. The second kappa shape index (κ2) is 4.63. The molecule has 2 fully saturated rings. The second-order valence-corrected chi connectivity index (χ2v) is 6.44. The van der Waals surface area contributed by atoms with Crippen molar-refractivity contribution in [2.45, 2.75) is 58.3 Å². The van der Waals surface area contributed by atoms with Crippen LogP contribution in [0.1, 0.15) is 40.0 Å². The summed E-state index contributed by atoms with van der Waals surface area (Å²) < 4.78 is 6.06. The molecular formula is C13H25NO2. The molecule has 1 heterocycles. The van der Waals surface area contributed by atoms with E-state index in [1.807, 2.05) is 0 Å². The minimum atomic E-state index is -0.319. The van der Waals surface area contributed by atoms with Crippen LogP contribution in [-0.4, -0.2) is 36.5 Å². The first-order valence-corrected chi connectivity index (χ1v) is 6.50. The van der Waals surface area contributed by atoms with Crippen LogP contribution in [0.2, 0.25) is 0 Å². The molecule has 0 spiro atoms. The molecule has 0 aromatic rings. The molecule has 0 bridgehead atoms. The summed E-state index contributed by atoms with van der Waals surface area (Å²) in [6.07, 6.45) is 3.58. The van der Waals surface area contributed by atoms with E-state index in [9.17, 15) is 5.11 Å². The van der Waals surface area contributed by atoms with E-state index in [2.05, 4.69) is 26.1 Å². The number of hydrogen-bond donors (Lipinski definition) is 2.